The van der Waals surface area contributed by atoms with E-state index in [0.29, 0.717) is 5.39 Å². The molecular formula is C11H7ClO4. The Morgan fingerprint density at radius 3 is 2.75 bits per heavy atom. The molecule has 0 radical (unpaired) electrons. The first-order chi connectivity index (χ1) is 7.50. The third-order valence-electron chi connectivity index (χ3n) is 2.21. The van der Waals surface area contributed by atoms with E-state index >= 15 is 0 Å². The number of hydrogen-bond acceptors (Lipinski definition) is 3. The molecule has 0 fully saturated rings. The number of aromatic carboxylic acids is 1. The first kappa shape index (κ1) is 10.7. The molecule has 0 saturated heterocycles. The van der Waals surface area contributed by atoms with Crippen molar-refractivity contribution in [3.05, 3.63) is 44.8 Å². The van der Waals surface area contributed by atoms with Crippen LogP contribution in [0.5, 0.6) is 0 Å². The number of carboxylic acids is 1. The number of carbonyl (C=O) groups is 1. The van der Waals surface area contributed by atoms with Gasteiger partial charge in [0.2, 0.25) is 0 Å². The normalized spacial score (nSPS) is 10.6. The summed E-state index contributed by atoms with van der Waals surface area (Å²) in [5.41, 5.74) is -0.279. The number of aryl methyl sites for hydroxylation is 1. The molecule has 1 heterocycles. The second-order valence-electron chi connectivity index (χ2n) is 3.38. The molecule has 0 bridgehead atoms. The zero-order valence-electron chi connectivity index (χ0n) is 8.28. The third-order valence-corrected chi connectivity index (χ3v) is 2.60. The van der Waals surface area contributed by atoms with Crippen LogP contribution in [0.4, 0.5) is 0 Å². The third kappa shape index (κ3) is 1.57. The molecule has 1 N–H and O–H groups in total. The number of halogens is 1. The Kier molecular flexibility index (Phi) is 2.44. The summed E-state index contributed by atoms with van der Waals surface area (Å²) in [4.78, 5) is 22.2. The fourth-order valence-corrected chi connectivity index (χ4v) is 1.77. The number of fused-ring (bicyclic) bond motifs is 1. The monoisotopic (exact) mass is 238 g/mol. The Hall–Kier alpha value is -1.81. The van der Waals surface area contributed by atoms with E-state index in [2.05, 4.69) is 0 Å². The van der Waals surface area contributed by atoms with Gasteiger partial charge >= 0.3 is 11.6 Å². The lowest BCUT2D eigenvalue weighted by Gasteiger charge is -2.03. The van der Waals surface area contributed by atoms with Crippen molar-refractivity contribution >= 4 is 28.5 Å². The molecule has 0 aliphatic rings. The largest absolute Gasteiger partial charge is 0.477 e. The summed E-state index contributed by atoms with van der Waals surface area (Å²) >= 11 is 5.87. The van der Waals surface area contributed by atoms with Gasteiger partial charge in [-0.25, -0.2) is 9.59 Å². The zero-order valence-corrected chi connectivity index (χ0v) is 9.04. The SMILES string of the molecule is Cc1ccc2oc(=O)c(C(=O)O)c(Cl)c2c1. The average Bonchev–Trinajstić information content (AvgIpc) is 2.19. The van der Waals surface area contributed by atoms with Crippen LogP contribution in [0.2, 0.25) is 5.02 Å². The van der Waals surface area contributed by atoms with Crippen LogP contribution in [0, 0.1) is 6.92 Å². The predicted octanol–water partition coefficient (Wildman–Crippen LogP) is 2.45. The second-order valence-corrected chi connectivity index (χ2v) is 3.76. The van der Waals surface area contributed by atoms with Gasteiger partial charge in [-0.15, -0.1) is 0 Å². The van der Waals surface area contributed by atoms with E-state index in [1.54, 1.807) is 18.2 Å². The van der Waals surface area contributed by atoms with Crippen molar-refractivity contribution in [1.29, 1.82) is 0 Å². The van der Waals surface area contributed by atoms with Crippen LogP contribution >= 0.6 is 11.6 Å². The van der Waals surface area contributed by atoms with Crippen molar-refractivity contribution in [1.82, 2.24) is 0 Å². The van der Waals surface area contributed by atoms with Crippen LogP contribution in [0.15, 0.2) is 27.4 Å². The van der Waals surface area contributed by atoms with Gasteiger partial charge in [0.1, 0.15) is 5.58 Å². The summed E-state index contributed by atoms with van der Waals surface area (Å²) in [5.74, 6) is -1.39. The van der Waals surface area contributed by atoms with Gasteiger partial charge in [0, 0.05) is 5.39 Å². The molecule has 4 nitrogen and oxygen atoms in total. The zero-order chi connectivity index (χ0) is 11.9. The predicted molar refractivity (Wildman–Crippen MR) is 59.2 cm³/mol. The van der Waals surface area contributed by atoms with Gasteiger partial charge in [-0.2, -0.15) is 0 Å². The molecule has 0 atom stereocenters. The number of benzene rings is 1. The van der Waals surface area contributed by atoms with E-state index in [4.69, 9.17) is 21.1 Å². The summed E-state index contributed by atoms with van der Waals surface area (Å²) in [6, 6.07) is 5.01. The molecule has 0 aliphatic carbocycles. The van der Waals surface area contributed by atoms with E-state index in [9.17, 15) is 9.59 Å². The molecule has 1 aromatic carbocycles. The molecule has 0 saturated carbocycles. The van der Waals surface area contributed by atoms with Gasteiger partial charge in [0.05, 0.1) is 5.02 Å². The summed E-state index contributed by atoms with van der Waals surface area (Å²) in [6.07, 6.45) is 0. The van der Waals surface area contributed by atoms with Crippen LogP contribution in [0.3, 0.4) is 0 Å². The number of rotatable bonds is 1. The molecule has 2 rings (SSSR count). The Morgan fingerprint density at radius 1 is 1.44 bits per heavy atom. The van der Waals surface area contributed by atoms with Crippen molar-refractivity contribution in [2.45, 2.75) is 6.92 Å². The quantitative estimate of drug-likeness (QED) is 0.775. The van der Waals surface area contributed by atoms with E-state index in [1.165, 1.54) is 0 Å². The lowest BCUT2D eigenvalue weighted by Crippen LogP contribution is -2.14. The fourth-order valence-electron chi connectivity index (χ4n) is 1.46. The topological polar surface area (TPSA) is 67.5 Å². The van der Waals surface area contributed by atoms with Gasteiger partial charge in [-0.05, 0) is 19.1 Å². The van der Waals surface area contributed by atoms with Crippen molar-refractivity contribution in [3.63, 3.8) is 0 Å². The smallest absolute Gasteiger partial charge is 0.352 e. The lowest BCUT2D eigenvalue weighted by atomic mass is 10.1. The molecule has 5 heteroatoms. The minimum absolute atomic E-state index is 0.0811. The molecule has 2 aromatic rings. The lowest BCUT2D eigenvalue weighted by molar-refractivity contribution is 0.0693. The number of carboxylic acid groups (broad SMARTS) is 1. The van der Waals surface area contributed by atoms with Crippen molar-refractivity contribution in [2.24, 2.45) is 0 Å². The summed E-state index contributed by atoms with van der Waals surface area (Å²) in [7, 11) is 0. The van der Waals surface area contributed by atoms with Gasteiger partial charge in [-0.1, -0.05) is 23.2 Å². The van der Waals surface area contributed by atoms with Gasteiger partial charge in [0.15, 0.2) is 5.56 Å². The minimum Gasteiger partial charge on any atom is -0.477 e. The molecule has 1 aromatic heterocycles. The number of hydrogen-bond donors (Lipinski definition) is 1. The molecule has 0 spiro atoms. The highest BCUT2D eigenvalue weighted by Gasteiger charge is 2.18. The summed E-state index contributed by atoms with van der Waals surface area (Å²) < 4.78 is 4.87. The summed E-state index contributed by atoms with van der Waals surface area (Å²) in [6.45, 7) is 1.83. The van der Waals surface area contributed by atoms with Crippen LogP contribution in [-0.4, -0.2) is 11.1 Å². The van der Waals surface area contributed by atoms with E-state index in [-0.39, 0.29) is 10.6 Å². The molecule has 0 amide bonds. The molecule has 0 unspecified atom stereocenters. The van der Waals surface area contributed by atoms with Crippen LogP contribution < -0.4 is 5.63 Å². The maximum atomic E-state index is 11.3. The minimum atomic E-state index is -1.39. The Morgan fingerprint density at radius 2 is 2.12 bits per heavy atom. The molecule has 16 heavy (non-hydrogen) atoms. The van der Waals surface area contributed by atoms with E-state index in [1.807, 2.05) is 6.92 Å². The van der Waals surface area contributed by atoms with Crippen molar-refractivity contribution in [3.8, 4) is 0 Å². The standard InChI is InChI=1S/C11H7ClO4/c1-5-2-3-7-6(4-5)9(12)8(10(13)14)11(15)16-7/h2-4H,1H3,(H,13,14). The molecule has 0 aliphatic heterocycles. The van der Waals surface area contributed by atoms with Gasteiger partial charge < -0.3 is 9.52 Å². The Labute approximate surface area is 95.1 Å². The van der Waals surface area contributed by atoms with Gasteiger partial charge in [-0.3, -0.25) is 0 Å². The Balaban J connectivity index is 2.96. The van der Waals surface area contributed by atoms with Gasteiger partial charge in [0.25, 0.3) is 0 Å². The highest BCUT2D eigenvalue weighted by Crippen LogP contribution is 2.25. The first-order valence-electron chi connectivity index (χ1n) is 4.47. The highest BCUT2D eigenvalue weighted by molar-refractivity contribution is 6.38. The first-order valence-corrected chi connectivity index (χ1v) is 4.85. The fraction of sp³-hybridized carbons (Fsp3) is 0.0909. The Bertz CT molecular complexity index is 642. The highest BCUT2D eigenvalue weighted by atomic mass is 35.5. The van der Waals surface area contributed by atoms with Crippen LogP contribution in [0.25, 0.3) is 11.0 Å². The van der Waals surface area contributed by atoms with Crippen molar-refractivity contribution < 1.29 is 14.3 Å². The average molecular weight is 239 g/mol. The van der Waals surface area contributed by atoms with Crippen molar-refractivity contribution in [2.75, 3.05) is 0 Å². The van der Waals surface area contributed by atoms with E-state index < -0.39 is 17.2 Å². The van der Waals surface area contributed by atoms with Crippen LogP contribution in [-0.2, 0) is 0 Å². The summed E-state index contributed by atoms with van der Waals surface area (Å²) in [5, 5.41) is 9.18. The molecule has 82 valence electrons. The molecular weight excluding hydrogens is 232 g/mol. The second kappa shape index (κ2) is 3.64. The maximum absolute atomic E-state index is 11.3. The van der Waals surface area contributed by atoms with Crippen LogP contribution in [0.1, 0.15) is 15.9 Å². The van der Waals surface area contributed by atoms with E-state index in [0.717, 1.165) is 5.56 Å². The maximum Gasteiger partial charge on any atom is 0.352 e.